The van der Waals surface area contributed by atoms with E-state index >= 15 is 0 Å². The molecule has 6 heteroatoms. The summed E-state index contributed by atoms with van der Waals surface area (Å²) >= 11 is 1.83. The molecule has 4 N–H and O–H groups in total. The maximum atomic E-state index is 5.27. The average molecular weight is 263 g/mol. The monoisotopic (exact) mass is 263 g/mol. The summed E-state index contributed by atoms with van der Waals surface area (Å²) in [5.41, 5.74) is 2.43. The molecule has 0 fully saturated rings. The van der Waals surface area contributed by atoms with E-state index in [9.17, 15) is 0 Å². The van der Waals surface area contributed by atoms with Gasteiger partial charge in [-0.15, -0.1) is 11.3 Å². The summed E-state index contributed by atoms with van der Waals surface area (Å²) in [5.74, 6) is 6.47. The summed E-state index contributed by atoms with van der Waals surface area (Å²) in [5, 5.41) is 3.33. The number of aromatic nitrogens is 2. The molecule has 18 heavy (non-hydrogen) atoms. The smallest absolute Gasteiger partial charge is 0.239 e. The second-order valence-electron chi connectivity index (χ2n) is 4.17. The van der Waals surface area contributed by atoms with E-state index in [1.54, 1.807) is 6.20 Å². The van der Waals surface area contributed by atoms with E-state index in [2.05, 4.69) is 46.7 Å². The molecule has 96 valence electrons. The van der Waals surface area contributed by atoms with Crippen LogP contribution in [0.2, 0.25) is 0 Å². The molecule has 5 nitrogen and oxygen atoms in total. The Bertz CT molecular complexity index is 511. The second-order valence-corrected chi connectivity index (χ2v) is 5.54. The molecule has 0 aliphatic heterocycles. The molecule has 2 heterocycles. The molecular formula is C12H17N5S. The van der Waals surface area contributed by atoms with Crippen LogP contribution in [-0.4, -0.2) is 16.0 Å². The van der Waals surface area contributed by atoms with E-state index < -0.39 is 0 Å². The lowest BCUT2D eigenvalue weighted by Gasteiger charge is -2.13. The average Bonchev–Trinajstić information content (AvgIpc) is 2.74. The van der Waals surface area contributed by atoms with Crippen LogP contribution < -0.4 is 16.6 Å². The standard InChI is InChI=1S/C12H17N5S/c1-8(7-10-4-3-9(2)18-10)15-11-5-6-14-12(16-11)17-13/h3-6,8H,7,13H2,1-2H3,(H2,14,15,16,17). The summed E-state index contributed by atoms with van der Waals surface area (Å²) in [4.78, 5) is 10.9. The summed E-state index contributed by atoms with van der Waals surface area (Å²) < 4.78 is 0. The highest BCUT2D eigenvalue weighted by atomic mass is 32.1. The maximum absolute atomic E-state index is 5.27. The lowest BCUT2D eigenvalue weighted by atomic mass is 10.2. The molecule has 0 spiro atoms. The van der Waals surface area contributed by atoms with Crippen molar-refractivity contribution < 1.29 is 0 Å². The Balaban J connectivity index is 1.96. The van der Waals surface area contributed by atoms with Crippen molar-refractivity contribution in [1.29, 1.82) is 0 Å². The first-order valence-electron chi connectivity index (χ1n) is 5.79. The molecule has 1 unspecified atom stereocenters. The number of anilines is 2. The molecule has 0 aliphatic carbocycles. The molecule has 0 saturated carbocycles. The topological polar surface area (TPSA) is 75.9 Å². The summed E-state index contributed by atoms with van der Waals surface area (Å²) in [6, 6.07) is 6.46. The Labute approximate surface area is 110 Å². The minimum absolute atomic E-state index is 0.309. The predicted molar refractivity (Wildman–Crippen MR) is 75.7 cm³/mol. The SMILES string of the molecule is Cc1ccc(CC(C)Nc2ccnc(NN)n2)s1. The number of nitrogens with one attached hydrogen (secondary N) is 2. The fraction of sp³-hybridized carbons (Fsp3) is 0.333. The summed E-state index contributed by atoms with van der Waals surface area (Å²) in [6.45, 7) is 4.25. The number of thiophene rings is 1. The van der Waals surface area contributed by atoms with E-state index in [1.165, 1.54) is 9.75 Å². The highest BCUT2D eigenvalue weighted by Gasteiger charge is 2.06. The highest BCUT2D eigenvalue weighted by molar-refractivity contribution is 7.11. The zero-order valence-corrected chi connectivity index (χ0v) is 11.3. The van der Waals surface area contributed by atoms with Crippen LogP contribution in [0.3, 0.4) is 0 Å². The molecule has 2 aromatic rings. The lowest BCUT2D eigenvalue weighted by molar-refractivity contribution is 0.793. The van der Waals surface area contributed by atoms with Gasteiger partial charge in [0.05, 0.1) is 0 Å². The first kappa shape index (κ1) is 12.8. The van der Waals surface area contributed by atoms with Crippen molar-refractivity contribution in [2.45, 2.75) is 26.3 Å². The van der Waals surface area contributed by atoms with E-state index in [-0.39, 0.29) is 0 Å². The zero-order chi connectivity index (χ0) is 13.0. The third-order valence-corrected chi connectivity index (χ3v) is 3.51. The van der Waals surface area contributed by atoms with E-state index in [1.807, 2.05) is 17.4 Å². The van der Waals surface area contributed by atoms with Crippen LogP contribution in [0.4, 0.5) is 11.8 Å². The minimum Gasteiger partial charge on any atom is -0.367 e. The summed E-state index contributed by atoms with van der Waals surface area (Å²) in [7, 11) is 0. The van der Waals surface area contributed by atoms with Crippen molar-refractivity contribution in [3.8, 4) is 0 Å². The van der Waals surface area contributed by atoms with Gasteiger partial charge in [-0.2, -0.15) is 4.98 Å². The van der Waals surface area contributed by atoms with Gasteiger partial charge in [-0.05, 0) is 32.0 Å². The molecule has 0 saturated heterocycles. The van der Waals surface area contributed by atoms with Gasteiger partial charge in [-0.25, -0.2) is 10.8 Å². The van der Waals surface area contributed by atoms with Crippen molar-refractivity contribution in [2.75, 3.05) is 10.7 Å². The van der Waals surface area contributed by atoms with E-state index in [0.717, 1.165) is 12.2 Å². The van der Waals surface area contributed by atoms with Crippen molar-refractivity contribution in [3.63, 3.8) is 0 Å². The van der Waals surface area contributed by atoms with Crippen LogP contribution in [0.25, 0.3) is 0 Å². The Morgan fingerprint density at radius 3 is 2.89 bits per heavy atom. The molecule has 0 bridgehead atoms. The Kier molecular flexibility index (Phi) is 4.11. The van der Waals surface area contributed by atoms with Crippen LogP contribution in [0.1, 0.15) is 16.7 Å². The fourth-order valence-electron chi connectivity index (χ4n) is 1.71. The predicted octanol–water partition coefficient (Wildman–Crippen LogP) is 2.18. The fourth-order valence-corrected chi connectivity index (χ4v) is 2.73. The van der Waals surface area contributed by atoms with E-state index in [0.29, 0.717) is 12.0 Å². The number of hydrogen-bond acceptors (Lipinski definition) is 6. The van der Waals surface area contributed by atoms with Crippen LogP contribution in [-0.2, 0) is 6.42 Å². The molecule has 0 aromatic carbocycles. The van der Waals surface area contributed by atoms with Crippen LogP contribution in [0.15, 0.2) is 24.4 Å². The van der Waals surface area contributed by atoms with Gasteiger partial charge in [0, 0.05) is 28.4 Å². The third kappa shape index (κ3) is 3.41. The number of aryl methyl sites for hydroxylation is 1. The number of nitrogens with two attached hydrogens (primary N) is 1. The minimum atomic E-state index is 0.309. The molecule has 0 aliphatic rings. The van der Waals surface area contributed by atoms with Crippen molar-refractivity contribution in [2.24, 2.45) is 5.84 Å². The number of nitrogens with zero attached hydrogens (tertiary/aromatic N) is 2. The van der Waals surface area contributed by atoms with Gasteiger partial charge in [-0.1, -0.05) is 0 Å². The zero-order valence-electron chi connectivity index (χ0n) is 10.5. The van der Waals surface area contributed by atoms with Crippen LogP contribution >= 0.6 is 11.3 Å². The normalized spacial score (nSPS) is 12.2. The van der Waals surface area contributed by atoms with Crippen molar-refractivity contribution in [3.05, 3.63) is 34.2 Å². The van der Waals surface area contributed by atoms with E-state index in [4.69, 9.17) is 5.84 Å². The molecule has 0 radical (unpaired) electrons. The molecule has 1 atom stereocenters. The van der Waals surface area contributed by atoms with Gasteiger partial charge < -0.3 is 5.32 Å². The Morgan fingerprint density at radius 1 is 1.39 bits per heavy atom. The highest BCUT2D eigenvalue weighted by Crippen LogP contribution is 2.18. The van der Waals surface area contributed by atoms with Crippen molar-refractivity contribution >= 4 is 23.1 Å². The number of nitrogen functional groups attached to an aromatic ring is 1. The first-order valence-corrected chi connectivity index (χ1v) is 6.60. The number of hydrogen-bond donors (Lipinski definition) is 3. The van der Waals surface area contributed by atoms with Crippen molar-refractivity contribution in [1.82, 2.24) is 9.97 Å². The molecule has 0 amide bonds. The Hall–Kier alpha value is -1.66. The van der Waals surface area contributed by atoms with Gasteiger partial charge in [0.15, 0.2) is 0 Å². The maximum Gasteiger partial charge on any atom is 0.239 e. The molecule has 2 rings (SSSR count). The summed E-state index contributed by atoms with van der Waals surface area (Å²) in [6.07, 6.45) is 2.65. The Morgan fingerprint density at radius 2 is 2.22 bits per heavy atom. The number of hydrazine groups is 1. The lowest BCUT2D eigenvalue weighted by Crippen LogP contribution is -2.19. The van der Waals surface area contributed by atoms with Gasteiger partial charge >= 0.3 is 0 Å². The quantitative estimate of drug-likeness (QED) is 0.569. The van der Waals surface area contributed by atoms with Crippen LogP contribution in [0.5, 0.6) is 0 Å². The molecule has 2 aromatic heterocycles. The van der Waals surface area contributed by atoms with Gasteiger partial charge in [-0.3, -0.25) is 5.43 Å². The van der Waals surface area contributed by atoms with Crippen LogP contribution in [0, 0.1) is 6.92 Å². The van der Waals surface area contributed by atoms with Gasteiger partial charge in [0.2, 0.25) is 5.95 Å². The second kappa shape index (κ2) is 5.79. The van der Waals surface area contributed by atoms with Gasteiger partial charge in [0.25, 0.3) is 0 Å². The molecular weight excluding hydrogens is 246 g/mol. The third-order valence-electron chi connectivity index (χ3n) is 2.48. The number of rotatable bonds is 5. The largest absolute Gasteiger partial charge is 0.367 e. The first-order chi connectivity index (χ1) is 8.67. The van der Waals surface area contributed by atoms with Gasteiger partial charge in [0.1, 0.15) is 5.82 Å².